The molecule has 2 atom stereocenters. The highest BCUT2D eigenvalue weighted by Crippen LogP contribution is 2.13. The number of carbonyl (C=O) groups is 1. The number of carbonyl (C=O) groups excluding carboxylic acids is 1. The van der Waals surface area contributed by atoms with Crippen LogP contribution >= 0.6 is 0 Å². The second kappa shape index (κ2) is 8.33. The molecule has 1 aromatic rings. The molecule has 2 rings (SSSR count). The van der Waals surface area contributed by atoms with Crippen molar-refractivity contribution >= 4 is 5.78 Å². The van der Waals surface area contributed by atoms with E-state index in [9.17, 15) is 4.79 Å². The predicted octanol–water partition coefficient (Wildman–Crippen LogP) is 2.61. The van der Waals surface area contributed by atoms with Crippen LogP contribution in [0.25, 0.3) is 0 Å². The number of quaternary nitrogens is 1. The van der Waals surface area contributed by atoms with Crippen molar-refractivity contribution in [3.05, 3.63) is 29.8 Å². The summed E-state index contributed by atoms with van der Waals surface area (Å²) in [7, 11) is 0. The summed E-state index contributed by atoms with van der Waals surface area (Å²) < 4.78 is 5.75. The molecule has 122 valence electrons. The van der Waals surface area contributed by atoms with E-state index in [1.807, 2.05) is 24.3 Å². The molecule has 0 bridgehead atoms. The van der Waals surface area contributed by atoms with E-state index in [2.05, 4.69) is 13.8 Å². The average Bonchev–Trinajstić information content (AvgIpc) is 2.46. The first-order chi connectivity index (χ1) is 10.5. The van der Waals surface area contributed by atoms with Crippen LogP contribution in [0.4, 0.5) is 0 Å². The maximum Gasteiger partial charge on any atom is 0.159 e. The van der Waals surface area contributed by atoms with Gasteiger partial charge in [-0.3, -0.25) is 4.79 Å². The Hall–Kier alpha value is -1.35. The number of rotatable bonds is 7. The number of unbranched alkanes of at least 4 members (excludes halogenated alkanes) is 1. The third-order valence-electron chi connectivity index (χ3n) is 4.53. The molecule has 1 aromatic carbocycles. The molecule has 1 fully saturated rings. The minimum absolute atomic E-state index is 0.0968. The zero-order chi connectivity index (χ0) is 15.9. The molecule has 0 radical (unpaired) electrons. The topological polar surface area (TPSA) is 30.7 Å². The molecule has 3 heteroatoms. The second-order valence-electron chi connectivity index (χ2n) is 6.99. The summed E-state index contributed by atoms with van der Waals surface area (Å²) in [6.45, 7) is 11.0. The number of piperidine rings is 1. The largest absolute Gasteiger partial charge is 0.494 e. The van der Waals surface area contributed by atoms with Crippen molar-refractivity contribution in [3.63, 3.8) is 0 Å². The van der Waals surface area contributed by atoms with Gasteiger partial charge < -0.3 is 9.64 Å². The Kier molecular flexibility index (Phi) is 6.44. The third kappa shape index (κ3) is 5.45. The number of Topliss-reactive ketones (excluding diaryl/α,β-unsaturated/α-hetero) is 1. The number of benzene rings is 1. The molecular weight excluding hydrogens is 274 g/mol. The third-order valence-corrected chi connectivity index (χ3v) is 4.53. The molecule has 3 nitrogen and oxygen atoms in total. The Morgan fingerprint density at radius 1 is 1.14 bits per heavy atom. The van der Waals surface area contributed by atoms with Crippen LogP contribution in [0, 0.1) is 11.8 Å². The van der Waals surface area contributed by atoms with Gasteiger partial charge in [0.05, 0.1) is 26.2 Å². The maximum atomic E-state index is 11.2. The molecule has 1 aliphatic heterocycles. The van der Waals surface area contributed by atoms with Crippen molar-refractivity contribution in [1.82, 2.24) is 0 Å². The average molecular weight is 304 g/mol. The van der Waals surface area contributed by atoms with Gasteiger partial charge in [-0.25, -0.2) is 0 Å². The van der Waals surface area contributed by atoms with Gasteiger partial charge >= 0.3 is 0 Å². The van der Waals surface area contributed by atoms with Crippen LogP contribution in [-0.2, 0) is 0 Å². The summed E-state index contributed by atoms with van der Waals surface area (Å²) >= 11 is 0. The fourth-order valence-corrected chi connectivity index (χ4v) is 3.58. The van der Waals surface area contributed by atoms with Crippen molar-refractivity contribution in [1.29, 1.82) is 0 Å². The highest BCUT2D eigenvalue weighted by molar-refractivity contribution is 5.94. The monoisotopic (exact) mass is 304 g/mol. The Balaban J connectivity index is 1.62. The summed E-state index contributed by atoms with van der Waals surface area (Å²) in [6, 6.07) is 7.43. The fourth-order valence-electron chi connectivity index (χ4n) is 3.58. The van der Waals surface area contributed by atoms with Gasteiger partial charge in [0.1, 0.15) is 5.75 Å². The lowest BCUT2D eigenvalue weighted by Gasteiger charge is -2.32. The number of likely N-dealkylation sites (tertiary alicyclic amines) is 1. The molecule has 1 aliphatic rings. The van der Waals surface area contributed by atoms with Crippen molar-refractivity contribution in [2.75, 3.05) is 26.2 Å². The normalized spacial score (nSPS) is 25.0. The van der Waals surface area contributed by atoms with Crippen LogP contribution in [0.5, 0.6) is 5.75 Å². The van der Waals surface area contributed by atoms with Crippen LogP contribution in [0.15, 0.2) is 24.3 Å². The Morgan fingerprint density at radius 3 is 2.36 bits per heavy atom. The van der Waals surface area contributed by atoms with E-state index in [1.165, 1.54) is 32.5 Å². The van der Waals surface area contributed by atoms with Crippen molar-refractivity contribution < 1.29 is 14.4 Å². The lowest BCUT2D eigenvalue weighted by molar-refractivity contribution is -0.912. The SMILES string of the molecule is CC(=O)c1ccc(OCCCC[NH+]2C[C@@H](C)C[C@H](C)C2)cc1. The molecule has 0 amide bonds. The minimum atomic E-state index is 0.0968. The molecule has 1 saturated heterocycles. The number of ether oxygens (including phenoxy) is 1. The molecule has 0 saturated carbocycles. The van der Waals surface area contributed by atoms with Crippen molar-refractivity contribution in [2.24, 2.45) is 11.8 Å². The van der Waals surface area contributed by atoms with E-state index in [4.69, 9.17) is 4.74 Å². The second-order valence-corrected chi connectivity index (χ2v) is 6.99. The van der Waals surface area contributed by atoms with Gasteiger partial charge in [-0.2, -0.15) is 0 Å². The Morgan fingerprint density at radius 2 is 1.77 bits per heavy atom. The first kappa shape index (κ1) is 17.0. The number of hydrogen-bond acceptors (Lipinski definition) is 2. The van der Waals surface area contributed by atoms with E-state index >= 15 is 0 Å². The van der Waals surface area contributed by atoms with Crippen LogP contribution < -0.4 is 9.64 Å². The summed E-state index contributed by atoms with van der Waals surface area (Å²) in [5.41, 5.74) is 0.740. The quantitative estimate of drug-likeness (QED) is 0.620. The molecule has 0 aliphatic carbocycles. The predicted molar refractivity (Wildman–Crippen MR) is 89.7 cm³/mol. The number of nitrogens with one attached hydrogen (secondary N) is 1. The number of ketones is 1. The molecule has 22 heavy (non-hydrogen) atoms. The fraction of sp³-hybridized carbons (Fsp3) is 0.632. The van der Waals surface area contributed by atoms with Gasteiger partial charge in [0.25, 0.3) is 0 Å². The van der Waals surface area contributed by atoms with Crippen LogP contribution in [0.1, 0.15) is 50.4 Å². The van der Waals surface area contributed by atoms with Gasteiger partial charge in [-0.15, -0.1) is 0 Å². The van der Waals surface area contributed by atoms with E-state index < -0.39 is 0 Å². The van der Waals surface area contributed by atoms with Crippen LogP contribution in [-0.4, -0.2) is 32.0 Å². The van der Waals surface area contributed by atoms with Crippen LogP contribution in [0.3, 0.4) is 0 Å². The molecular formula is C19H30NO2+. The summed E-state index contributed by atoms with van der Waals surface area (Å²) in [6.07, 6.45) is 3.71. The zero-order valence-corrected chi connectivity index (χ0v) is 14.2. The van der Waals surface area contributed by atoms with Gasteiger partial charge in [0, 0.05) is 17.4 Å². The molecule has 0 aromatic heterocycles. The molecule has 0 unspecified atom stereocenters. The number of hydrogen-bond donors (Lipinski definition) is 1. The van der Waals surface area contributed by atoms with E-state index in [0.29, 0.717) is 0 Å². The first-order valence-corrected chi connectivity index (χ1v) is 8.62. The van der Waals surface area contributed by atoms with Gasteiger partial charge in [-0.1, -0.05) is 13.8 Å². The first-order valence-electron chi connectivity index (χ1n) is 8.62. The smallest absolute Gasteiger partial charge is 0.159 e. The summed E-state index contributed by atoms with van der Waals surface area (Å²) in [5.74, 6) is 2.70. The van der Waals surface area contributed by atoms with Gasteiger partial charge in [0.2, 0.25) is 0 Å². The zero-order valence-electron chi connectivity index (χ0n) is 14.2. The lowest BCUT2D eigenvalue weighted by atomic mass is 9.92. The minimum Gasteiger partial charge on any atom is -0.494 e. The van der Waals surface area contributed by atoms with E-state index in [0.717, 1.165) is 36.2 Å². The Labute approximate surface area is 134 Å². The van der Waals surface area contributed by atoms with Crippen molar-refractivity contribution in [3.8, 4) is 5.75 Å². The molecule has 1 heterocycles. The van der Waals surface area contributed by atoms with Crippen molar-refractivity contribution in [2.45, 2.75) is 40.0 Å². The molecule has 0 spiro atoms. The maximum absolute atomic E-state index is 11.2. The summed E-state index contributed by atoms with van der Waals surface area (Å²) in [4.78, 5) is 13.0. The molecule has 1 N–H and O–H groups in total. The lowest BCUT2D eigenvalue weighted by Crippen LogP contribution is -3.14. The summed E-state index contributed by atoms with van der Waals surface area (Å²) in [5, 5.41) is 0. The Bertz CT molecular complexity index is 459. The van der Waals surface area contributed by atoms with E-state index in [-0.39, 0.29) is 5.78 Å². The van der Waals surface area contributed by atoms with Crippen LogP contribution in [0.2, 0.25) is 0 Å². The van der Waals surface area contributed by atoms with Gasteiger partial charge in [-0.05, 0) is 50.5 Å². The standard InChI is InChI=1S/C19H29NO2/c1-15-12-16(2)14-20(13-15)10-4-5-11-22-19-8-6-18(7-9-19)17(3)21/h6-9,15-16H,4-5,10-14H2,1-3H3/p+1/t15-,16-/m0/s1. The van der Waals surface area contributed by atoms with E-state index in [1.54, 1.807) is 11.8 Å². The highest BCUT2D eigenvalue weighted by atomic mass is 16.5. The van der Waals surface area contributed by atoms with Gasteiger partial charge in [0.15, 0.2) is 5.78 Å². The highest BCUT2D eigenvalue weighted by Gasteiger charge is 2.24.